The third-order valence-corrected chi connectivity index (χ3v) is 3.57. The third kappa shape index (κ3) is 2.58. The van der Waals surface area contributed by atoms with Crippen LogP contribution in [0.2, 0.25) is 0 Å². The van der Waals surface area contributed by atoms with Crippen molar-refractivity contribution >= 4 is 17.3 Å². The Bertz CT molecular complexity index is 342. The topological polar surface area (TPSA) is 29.5 Å². The van der Waals surface area contributed by atoms with Crippen molar-refractivity contribution in [2.24, 2.45) is 0 Å². The average molecular weight is 225 g/mol. The van der Waals surface area contributed by atoms with E-state index < -0.39 is 0 Å². The minimum atomic E-state index is -0.237. The predicted octanol–water partition coefficient (Wildman–Crippen LogP) is 2.13. The lowest BCUT2D eigenvalue weighted by molar-refractivity contribution is 0.0601. The number of hydrogen-bond acceptors (Lipinski definition) is 4. The van der Waals surface area contributed by atoms with Gasteiger partial charge in [-0.2, -0.15) is 0 Å². The SMILES string of the molecule is COC(=O)c1csc(CN2CCCC2)c1. The van der Waals surface area contributed by atoms with Crippen LogP contribution in [0.25, 0.3) is 0 Å². The number of carbonyl (C=O) groups is 1. The van der Waals surface area contributed by atoms with Gasteiger partial charge in [0.15, 0.2) is 0 Å². The molecule has 0 saturated carbocycles. The van der Waals surface area contributed by atoms with Crippen LogP contribution in [0.4, 0.5) is 0 Å². The average Bonchev–Trinajstić information content (AvgIpc) is 2.88. The second-order valence-corrected chi connectivity index (χ2v) is 4.77. The highest BCUT2D eigenvalue weighted by molar-refractivity contribution is 7.10. The molecule has 1 aromatic heterocycles. The molecule has 0 unspecified atom stereocenters. The number of esters is 1. The molecule has 0 aliphatic carbocycles. The van der Waals surface area contributed by atoms with E-state index in [1.165, 1.54) is 37.9 Å². The van der Waals surface area contributed by atoms with Gasteiger partial charge in [-0.3, -0.25) is 4.90 Å². The van der Waals surface area contributed by atoms with Crippen LogP contribution in [0, 0.1) is 0 Å². The normalized spacial score (nSPS) is 16.9. The van der Waals surface area contributed by atoms with E-state index in [4.69, 9.17) is 0 Å². The van der Waals surface area contributed by atoms with Crippen LogP contribution in [0.1, 0.15) is 28.1 Å². The maximum atomic E-state index is 11.2. The van der Waals surface area contributed by atoms with Crippen molar-refractivity contribution in [3.63, 3.8) is 0 Å². The Morgan fingerprint density at radius 2 is 2.27 bits per heavy atom. The Balaban J connectivity index is 1.97. The maximum absolute atomic E-state index is 11.2. The van der Waals surface area contributed by atoms with Gasteiger partial charge in [0.1, 0.15) is 0 Å². The van der Waals surface area contributed by atoms with E-state index in [1.807, 2.05) is 11.4 Å². The monoisotopic (exact) mass is 225 g/mol. The molecule has 0 amide bonds. The standard InChI is InChI=1S/C11H15NO2S/c1-14-11(13)9-6-10(15-8-9)7-12-4-2-3-5-12/h6,8H,2-5,7H2,1H3. The first-order valence-electron chi connectivity index (χ1n) is 5.17. The first kappa shape index (κ1) is 10.6. The Labute approximate surface area is 93.7 Å². The van der Waals surface area contributed by atoms with Crippen LogP contribution in [-0.2, 0) is 11.3 Å². The van der Waals surface area contributed by atoms with E-state index in [0.29, 0.717) is 5.56 Å². The van der Waals surface area contributed by atoms with Gasteiger partial charge in [0, 0.05) is 16.8 Å². The van der Waals surface area contributed by atoms with Crippen LogP contribution in [-0.4, -0.2) is 31.1 Å². The fourth-order valence-electron chi connectivity index (χ4n) is 1.85. The molecule has 1 aliphatic heterocycles. The number of likely N-dealkylation sites (tertiary alicyclic amines) is 1. The number of hydrogen-bond donors (Lipinski definition) is 0. The zero-order valence-electron chi connectivity index (χ0n) is 8.86. The molecule has 15 heavy (non-hydrogen) atoms. The molecule has 3 nitrogen and oxygen atoms in total. The molecule has 4 heteroatoms. The number of ether oxygens (including phenoxy) is 1. The molecule has 0 radical (unpaired) electrons. The Kier molecular flexibility index (Phi) is 3.38. The summed E-state index contributed by atoms with van der Waals surface area (Å²) in [5.41, 5.74) is 0.677. The van der Waals surface area contributed by atoms with Gasteiger partial charge in [-0.15, -0.1) is 11.3 Å². The number of thiophene rings is 1. The Morgan fingerprint density at radius 3 is 2.93 bits per heavy atom. The zero-order valence-corrected chi connectivity index (χ0v) is 9.68. The molecule has 2 heterocycles. The molecular weight excluding hydrogens is 210 g/mol. The zero-order chi connectivity index (χ0) is 10.7. The van der Waals surface area contributed by atoms with E-state index in [2.05, 4.69) is 9.64 Å². The molecule has 1 aliphatic rings. The Morgan fingerprint density at radius 1 is 1.53 bits per heavy atom. The molecule has 0 N–H and O–H groups in total. The highest BCUT2D eigenvalue weighted by atomic mass is 32.1. The number of nitrogens with zero attached hydrogens (tertiary/aromatic N) is 1. The summed E-state index contributed by atoms with van der Waals surface area (Å²) in [6, 6.07) is 1.94. The molecule has 2 rings (SSSR count). The van der Waals surface area contributed by atoms with Gasteiger partial charge in [0.25, 0.3) is 0 Å². The molecule has 1 fully saturated rings. The van der Waals surface area contributed by atoms with Crippen LogP contribution in [0.3, 0.4) is 0 Å². The molecule has 0 spiro atoms. The fourth-order valence-corrected chi connectivity index (χ4v) is 2.74. The van der Waals surface area contributed by atoms with E-state index in [0.717, 1.165) is 6.54 Å². The minimum absolute atomic E-state index is 0.237. The summed E-state index contributed by atoms with van der Waals surface area (Å²) in [4.78, 5) is 14.9. The van der Waals surface area contributed by atoms with Crippen molar-refractivity contribution < 1.29 is 9.53 Å². The second-order valence-electron chi connectivity index (χ2n) is 3.78. The van der Waals surface area contributed by atoms with E-state index in [-0.39, 0.29) is 5.97 Å². The number of rotatable bonds is 3. The lowest BCUT2D eigenvalue weighted by atomic mass is 10.3. The quantitative estimate of drug-likeness (QED) is 0.738. The van der Waals surface area contributed by atoms with Gasteiger partial charge >= 0.3 is 5.97 Å². The lowest BCUT2D eigenvalue weighted by Gasteiger charge is -2.12. The van der Waals surface area contributed by atoms with Crippen molar-refractivity contribution in [1.82, 2.24) is 4.90 Å². The van der Waals surface area contributed by atoms with Gasteiger partial charge in [-0.1, -0.05) is 0 Å². The fraction of sp³-hybridized carbons (Fsp3) is 0.545. The molecule has 0 bridgehead atoms. The van der Waals surface area contributed by atoms with E-state index >= 15 is 0 Å². The second kappa shape index (κ2) is 4.77. The van der Waals surface area contributed by atoms with Crippen LogP contribution in [0.5, 0.6) is 0 Å². The summed E-state index contributed by atoms with van der Waals surface area (Å²) in [6.07, 6.45) is 2.60. The first-order valence-corrected chi connectivity index (χ1v) is 6.05. The summed E-state index contributed by atoms with van der Waals surface area (Å²) in [5, 5.41) is 1.87. The predicted molar refractivity (Wildman–Crippen MR) is 60.2 cm³/mol. The highest BCUT2D eigenvalue weighted by Gasteiger charge is 2.14. The summed E-state index contributed by atoms with van der Waals surface area (Å²) < 4.78 is 4.67. The maximum Gasteiger partial charge on any atom is 0.338 e. The summed E-state index contributed by atoms with van der Waals surface area (Å²) in [6.45, 7) is 3.35. The van der Waals surface area contributed by atoms with Crippen molar-refractivity contribution in [1.29, 1.82) is 0 Å². The molecule has 1 aromatic rings. The van der Waals surface area contributed by atoms with Crippen molar-refractivity contribution in [3.8, 4) is 0 Å². The number of methoxy groups -OCH3 is 1. The molecule has 82 valence electrons. The van der Waals surface area contributed by atoms with Gasteiger partial charge in [-0.05, 0) is 32.0 Å². The van der Waals surface area contributed by atoms with Crippen molar-refractivity contribution in [2.75, 3.05) is 20.2 Å². The molecular formula is C11H15NO2S. The summed E-state index contributed by atoms with van der Waals surface area (Å²) in [7, 11) is 1.42. The van der Waals surface area contributed by atoms with Crippen molar-refractivity contribution in [2.45, 2.75) is 19.4 Å². The minimum Gasteiger partial charge on any atom is -0.465 e. The van der Waals surface area contributed by atoms with Crippen LogP contribution < -0.4 is 0 Å². The lowest BCUT2D eigenvalue weighted by Crippen LogP contribution is -2.17. The molecule has 0 atom stereocenters. The van der Waals surface area contributed by atoms with E-state index in [1.54, 1.807) is 11.3 Å². The smallest absolute Gasteiger partial charge is 0.338 e. The third-order valence-electron chi connectivity index (χ3n) is 2.65. The highest BCUT2D eigenvalue weighted by Crippen LogP contribution is 2.19. The molecule has 0 aromatic carbocycles. The van der Waals surface area contributed by atoms with Crippen LogP contribution in [0.15, 0.2) is 11.4 Å². The van der Waals surface area contributed by atoms with Gasteiger partial charge < -0.3 is 4.74 Å². The number of carbonyl (C=O) groups excluding carboxylic acids is 1. The largest absolute Gasteiger partial charge is 0.465 e. The van der Waals surface area contributed by atoms with Gasteiger partial charge in [0.05, 0.1) is 12.7 Å². The first-order chi connectivity index (χ1) is 7.29. The van der Waals surface area contributed by atoms with Gasteiger partial charge in [-0.25, -0.2) is 4.79 Å². The van der Waals surface area contributed by atoms with E-state index in [9.17, 15) is 4.79 Å². The summed E-state index contributed by atoms with van der Waals surface area (Å²) in [5.74, 6) is -0.237. The molecule has 1 saturated heterocycles. The van der Waals surface area contributed by atoms with Gasteiger partial charge in [0.2, 0.25) is 0 Å². The van der Waals surface area contributed by atoms with Crippen LogP contribution >= 0.6 is 11.3 Å². The Hall–Kier alpha value is -0.870. The van der Waals surface area contributed by atoms with Crippen molar-refractivity contribution in [3.05, 3.63) is 21.9 Å². The summed E-state index contributed by atoms with van der Waals surface area (Å²) >= 11 is 1.64.